The molecule has 0 radical (unpaired) electrons. The van der Waals surface area contributed by atoms with Crippen LogP contribution in [-0.4, -0.2) is 18.5 Å². The number of hydrogen-bond acceptors (Lipinski definition) is 1. The number of nitrogens with zero attached hydrogens (tertiary/aromatic N) is 2. The van der Waals surface area contributed by atoms with E-state index in [2.05, 4.69) is 18.8 Å². The van der Waals surface area contributed by atoms with Crippen molar-refractivity contribution in [2.45, 2.75) is 33.6 Å². The molecule has 0 heterocycles. The van der Waals surface area contributed by atoms with Crippen molar-refractivity contribution in [1.29, 1.82) is 0 Å². The van der Waals surface area contributed by atoms with E-state index < -0.39 is 6.03 Å². The third-order valence-electron chi connectivity index (χ3n) is 3.01. The van der Waals surface area contributed by atoms with Crippen LogP contribution in [-0.2, 0) is 12.8 Å². The van der Waals surface area contributed by atoms with Gasteiger partial charge in [0.25, 0.3) is 0 Å². The summed E-state index contributed by atoms with van der Waals surface area (Å²) >= 11 is 0. The molecule has 104 valence electrons. The van der Waals surface area contributed by atoms with Crippen molar-refractivity contribution >= 4 is 17.7 Å². The summed E-state index contributed by atoms with van der Waals surface area (Å²) in [7, 11) is 0. The number of anilines is 1. The van der Waals surface area contributed by atoms with Crippen molar-refractivity contribution in [2.24, 2.45) is 16.5 Å². The van der Waals surface area contributed by atoms with E-state index in [9.17, 15) is 4.79 Å². The number of guanidine groups is 1. The molecule has 4 N–H and O–H groups in total. The quantitative estimate of drug-likeness (QED) is 0.643. The van der Waals surface area contributed by atoms with Gasteiger partial charge in [0.1, 0.15) is 0 Å². The fraction of sp³-hybridized carbons (Fsp3) is 0.429. The fourth-order valence-corrected chi connectivity index (χ4v) is 2.12. The van der Waals surface area contributed by atoms with Gasteiger partial charge in [0.15, 0.2) is 5.96 Å². The zero-order chi connectivity index (χ0) is 14.4. The summed E-state index contributed by atoms with van der Waals surface area (Å²) in [6, 6.07) is 5.65. The van der Waals surface area contributed by atoms with Crippen molar-refractivity contribution in [1.82, 2.24) is 0 Å². The molecular weight excluding hydrogens is 240 g/mol. The first kappa shape index (κ1) is 15.0. The van der Waals surface area contributed by atoms with Gasteiger partial charge in [-0.15, -0.1) is 0 Å². The zero-order valence-electron chi connectivity index (χ0n) is 11.8. The monoisotopic (exact) mass is 262 g/mol. The van der Waals surface area contributed by atoms with Crippen LogP contribution in [0.25, 0.3) is 0 Å². The number of hydrogen-bond donors (Lipinski definition) is 2. The highest BCUT2D eigenvalue weighted by Gasteiger charge is 2.19. The van der Waals surface area contributed by atoms with Crippen LogP contribution in [0.15, 0.2) is 23.2 Å². The summed E-state index contributed by atoms with van der Waals surface area (Å²) in [5, 5.41) is 0. The molecule has 0 aliphatic carbocycles. The Balaban J connectivity index is 3.31. The molecule has 0 aliphatic heterocycles. The summed E-state index contributed by atoms with van der Waals surface area (Å²) in [6.07, 6.45) is 1.71. The Morgan fingerprint density at radius 2 is 1.68 bits per heavy atom. The molecule has 1 aromatic rings. The van der Waals surface area contributed by atoms with Gasteiger partial charge in [0, 0.05) is 6.54 Å². The topological polar surface area (TPSA) is 84.7 Å². The lowest BCUT2D eigenvalue weighted by atomic mass is 10.0. The Morgan fingerprint density at radius 1 is 1.16 bits per heavy atom. The van der Waals surface area contributed by atoms with Crippen LogP contribution < -0.4 is 16.4 Å². The van der Waals surface area contributed by atoms with E-state index >= 15 is 0 Å². The molecule has 1 rings (SSSR count). The molecule has 0 aliphatic rings. The highest BCUT2D eigenvalue weighted by Crippen LogP contribution is 2.27. The second-order valence-corrected chi connectivity index (χ2v) is 4.20. The lowest BCUT2D eigenvalue weighted by Gasteiger charge is -2.24. The van der Waals surface area contributed by atoms with E-state index in [-0.39, 0.29) is 5.96 Å². The Morgan fingerprint density at radius 3 is 2.05 bits per heavy atom. The van der Waals surface area contributed by atoms with Gasteiger partial charge in [-0.05, 0) is 30.9 Å². The largest absolute Gasteiger partial charge is 0.370 e. The Kier molecular flexibility index (Phi) is 5.36. The summed E-state index contributed by atoms with van der Waals surface area (Å²) in [4.78, 5) is 17.4. The standard InChI is InChI=1S/C14H22N4O/c1-4-10-8-7-9-11(5-2)12(10)18(6-3)14(19)17-13(15)16/h7-9H,4-6H2,1-3H3,(H4,15,16,17,19). The van der Waals surface area contributed by atoms with Crippen molar-refractivity contribution < 1.29 is 4.79 Å². The fourth-order valence-electron chi connectivity index (χ4n) is 2.12. The lowest BCUT2D eigenvalue weighted by molar-refractivity contribution is 0.254. The molecule has 0 fully saturated rings. The van der Waals surface area contributed by atoms with Crippen LogP contribution in [0.4, 0.5) is 10.5 Å². The predicted octanol–water partition coefficient (Wildman–Crippen LogP) is 2.03. The minimum absolute atomic E-state index is 0.213. The van der Waals surface area contributed by atoms with E-state index in [0.717, 1.165) is 29.7 Å². The molecule has 0 spiro atoms. The molecule has 0 atom stereocenters. The summed E-state index contributed by atoms with van der Waals surface area (Å²) < 4.78 is 0. The molecule has 5 heteroatoms. The maximum absolute atomic E-state index is 12.1. The summed E-state index contributed by atoms with van der Waals surface area (Å²) in [5.41, 5.74) is 13.8. The van der Waals surface area contributed by atoms with E-state index in [1.54, 1.807) is 4.90 Å². The number of nitrogens with two attached hydrogens (primary N) is 2. The highest BCUT2D eigenvalue weighted by atomic mass is 16.2. The van der Waals surface area contributed by atoms with Crippen LogP contribution >= 0.6 is 0 Å². The van der Waals surface area contributed by atoms with E-state index in [1.165, 1.54) is 0 Å². The molecule has 19 heavy (non-hydrogen) atoms. The van der Waals surface area contributed by atoms with Crippen molar-refractivity contribution in [2.75, 3.05) is 11.4 Å². The number of carbonyl (C=O) groups excluding carboxylic acids is 1. The average Bonchev–Trinajstić information content (AvgIpc) is 2.38. The smallest absolute Gasteiger partial charge is 0.351 e. The van der Waals surface area contributed by atoms with E-state index in [4.69, 9.17) is 11.5 Å². The SMILES string of the molecule is CCc1cccc(CC)c1N(CC)C(=O)N=C(N)N. The number of para-hydroxylation sites is 1. The Hall–Kier alpha value is -2.04. The number of urea groups is 1. The van der Waals surface area contributed by atoms with Crippen LogP contribution in [0, 0.1) is 0 Å². The third-order valence-corrected chi connectivity index (χ3v) is 3.01. The molecule has 0 unspecified atom stereocenters. The first-order valence-corrected chi connectivity index (χ1v) is 6.56. The first-order valence-electron chi connectivity index (χ1n) is 6.56. The molecule has 5 nitrogen and oxygen atoms in total. The molecule has 0 bridgehead atoms. The van der Waals surface area contributed by atoms with Gasteiger partial charge < -0.3 is 11.5 Å². The second-order valence-electron chi connectivity index (χ2n) is 4.20. The average molecular weight is 262 g/mol. The van der Waals surface area contributed by atoms with Gasteiger partial charge in [-0.2, -0.15) is 4.99 Å². The number of aryl methyl sites for hydroxylation is 2. The first-order chi connectivity index (χ1) is 9.04. The van der Waals surface area contributed by atoms with Crippen LogP contribution in [0.3, 0.4) is 0 Å². The zero-order valence-corrected chi connectivity index (χ0v) is 11.8. The Bertz CT molecular complexity index is 456. The molecule has 2 amide bonds. The molecule has 0 saturated heterocycles. The Labute approximate surface area is 114 Å². The molecule has 0 saturated carbocycles. The second kappa shape index (κ2) is 6.78. The molecular formula is C14H22N4O. The maximum Gasteiger partial charge on any atom is 0.351 e. The summed E-state index contributed by atoms with van der Waals surface area (Å²) in [5.74, 6) is -0.213. The van der Waals surface area contributed by atoms with E-state index in [0.29, 0.717) is 6.54 Å². The van der Waals surface area contributed by atoms with Gasteiger partial charge >= 0.3 is 6.03 Å². The van der Waals surface area contributed by atoms with Gasteiger partial charge in [0.2, 0.25) is 0 Å². The minimum atomic E-state index is -0.418. The van der Waals surface area contributed by atoms with Gasteiger partial charge in [-0.3, -0.25) is 4.90 Å². The number of benzene rings is 1. The normalized spacial score (nSPS) is 10.1. The minimum Gasteiger partial charge on any atom is -0.370 e. The van der Waals surface area contributed by atoms with Crippen LogP contribution in [0.5, 0.6) is 0 Å². The van der Waals surface area contributed by atoms with E-state index in [1.807, 2.05) is 25.1 Å². The van der Waals surface area contributed by atoms with Crippen molar-refractivity contribution in [3.63, 3.8) is 0 Å². The molecule has 1 aromatic carbocycles. The van der Waals surface area contributed by atoms with Crippen molar-refractivity contribution in [3.05, 3.63) is 29.3 Å². The lowest BCUT2D eigenvalue weighted by Crippen LogP contribution is -2.33. The highest BCUT2D eigenvalue weighted by molar-refractivity contribution is 6.00. The molecule has 0 aromatic heterocycles. The number of rotatable bonds is 4. The van der Waals surface area contributed by atoms with Crippen molar-refractivity contribution in [3.8, 4) is 0 Å². The van der Waals surface area contributed by atoms with Gasteiger partial charge in [-0.25, -0.2) is 4.79 Å². The maximum atomic E-state index is 12.1. The summed E-state index contributed by atoms with van der Waals surface area (Å²) in [6.45, 7) is 6.57. The number of aliphatic imine (C=N–C) groups is 1. The van der Waals surface area contributed by atoms with Gasteiger partial charge in [-0.1, -0.05) is 32.0 Å². The predicted molar refractivity (Wildman–Crippen MR) is 79.4 cm³/mol. The van der Waals surface area contributed by atoms with Crippen LogP contribution in [0.1, 0.15) is 31.9 Å². The van der Waals surface area contributed by atoms with Gasteiger partial charge in [0.05, 0.1) is 5.69 Å². The number of carbonyl (C=O) groups is 1. The number of amides is 2. The van der Waals surface area contributed by atoms with Crippen LogP contribution in [0.2, 0.25) is 0 Å². The third kappa shape index (κ3) is 3.47.